The number of anilines is 1. The summed E-state index contributed by atoms with van der Waals surface area (Å²) in [6.45, 7) is 0.0715. The molecular formula is C21H18ClN3O4. The zero-order valence-corrected chi connectivity index (χ0v) is 16.0. The highest BCUT2D eigenvalue weighted by Gasteiger charge is 2.11. The molecule has 1 heterocycles. The number of benzene rings is 2. The zero-order chi connectivity index (χ0) is 20.6. The Morgan fingerprint density at radius 2 is 1.93 bits per heavy atom. The van der Waals surface area contributed by atoms with Gasteiger partial charge in [0.25, 0.3) is 5.91 Å². The third kappa shape index (κ3) is 5.54. The summed E-state index contributed by atoms with van der Waals surface area (Å²) in [6.07, 6.45) is 1.67. The van der Waals surface area contributed by atoms with Crippen molar-refractivity contribution in [3.05, 3.63) is 77.4 Å². The Morgan fingerprint density at radius 1 is 1.07 bits per heavy atom. The first kappa shape index (κ1) is 20.3. The first-order valence-corrected chi connectivity index (χ1v) is 9.13. The monoisotopic (exact) mass is 411 g/mol. The van der Waals surface area contributed by atoms with Crippen LogP contribution in [0.1, 0.15) is 16.8 Å². The van der Waals surface area contributed by atoms with Crippen LogP contribution in [0.5, 0.6) is 5.75 Å². The molecule has 8 heteroatoms. The summed E-state index contributed by atoms with van der Waals surface area (Å²) in [4.78, 5) is 27.9. The lowest BCUT2D eigenvalue weighted by Crippen LogP contribution is -2.20. The van der Waals surface area contributed by atoms with Crippen LogP contribution in [0.25, 0.3) is 11.3 Å². The van der Waals surface area contributed by atoms with Gasteiger partial charge in [0.15, 0.2) is 0 Å². The summed E-state index contributed by atoms with van der Waals surface area (Å²) in [5, 5.41) is 11.8. The van der Waals surface area contributed by atoms with Crippen molar-refractivity contribution >= 4 is 29.1 Å². The van der Waals surface area contributed by atoms with E-state index < -0.39 is 5.91 Å². The second-order valence-corrected chi connectivity index (χ2v) is 6.43. The van der Waals surface area contributed by atoms with Gasteiger partial charge in [0.1, 0.15) is 5.75 Å². The van der Waals surface area contributed by atoms with Gasteiger partial charge in [0.2, 0.25) is 5.91 Å². The highest BCUT2D eigenvalue weighted by molar-refractivity contribution is 6.33. The Balaban J connectivity index is 1.70. The molecule has 0 aliphatic rings. The van der Waals surface area contributed by atoms with E-state index in [0.717, 1.165) is 0 Å². The van der Waals surface area contributed by atoms with Gasteiger partial charge in [-0.15, -0.1) is 0 Å². The Morgan fingerprint density at radius 3 is 2.69 bits per heavy atom. The summed E-state index contributed by atoms with van der Waals surface area (Å²) in [7, 11) is 0. The average Bonchev–Trinajstić information content (AvgIpc) is 2.75. The third-order valence-corrected chi connectivity index (χ3v) is 4.31. The number of pyridine rings is 1. The Kier molecular flexibility index (Phi) is 6.78. The largest absolute Gasteiger partial charge is 0.493 e. The fourth-order valence-electron chi connectivity index (χ4n) is 2.57. The molecule has 0 unspecified atom stereocenters. The Bertz CT molecular complexity index is 1010. The fourth-order valence-corrected chi connectivity index (χ4v) is 2.78. The Hall–Kier alpha value is -3.42. The summed E-state index contributed by atoms with van der Waals surface area (Å²) < 4.78 is 5.43. The number of hydrogen-bond acceptors (Lipinski definition) is 5. The standard InChI is InChI=1S/C21H18ClN3O4/c22-18-8-7-15(13-17(18)19-6-1-2-10-23-19)24-21(27)14-4-3-5-16(12-14)29-11-9-20(26)25-28/h1-8,10,12-13,28H,9,11H2,(H,24,27)(H,25,26). The van der Waals surface area contributed by atoms with E-state index in [1.165, 1.54) is 5.48 Å². The van der Waals surface area contributed by atoms with E-state index in [-0.39, 0.29) is 18.9 Å². The molecule has 0 saturated carbocycles. The van der Waals surface area contributed by atoms with Crippen LogP contribution in [-0.4, -0.2) is 28.6 Å². The minimum atomic E-state index is -0.551. The molecule has 0 atom stereocenters. The van der Waals surface area contributed by atoms with Gasteiger partial charge in [-0.3, -0.25) is 19.8 Å². The first-order valence-electron chi connectivity index (χ1n) is 8.75. The van der Waals surface area contributed by atoms with E-state index >= 15 is 0 Å². The highest BCUT2D eigenvalue weighted by Crippen LogP contribution is 2.29. The molecule has 2 amide bonds. The quantitative estimate of drug-likeness (QED) is 0.404. The van der Waals surface area contributed by atoms with Gasteiger partial charge < -0.3 is 10.1 Å². The summed E-state index contributed by atoms with van der Waals surface area (Å²) in [5.41, 5.74) is 3.92. The van der Waals surface area contributed by atoms with Crippen molar-refractivity contribution in [2.45, 2.75) is 6.42 Å². The van der Waals surface area contributed by atoms with Crippen molar-refractivity contribution in [2.24, 2.45) is 0 Å². The van der Waals surface area contributed by atoms with Crippen molar-refractivity contribution in [2.75, 3.05) is 11.9 Å². The summed E-state index contributed by atoms with van der Waals surface area (Å²) in [6, 6.07) is 17.3. The van der Waals surface area contributed by atoms with E-state index in [2.05, 4.69) is 10.3 Å². The number of amides is 2. The molecule has 148 valence electrons. The number of nitrogens with one attached hydrogen (secondary N) is 2. The zero-order valence-electron chi connectivity index (χ0n) is 15.3. The van der Waals surface area contributed by atoms with Crippen LogP contribution in [-0.2, 0) is 4.79 Å². The first-order chi connectivity index (χ1) is 14.1. The fraction of sp³-hybridized carbons (Fsp3) is 0.0952. The van der Waals surface area contributed by atoms with Crippen LogP contribution in [0.3, 0.4) is 0 Å². The van der Waals surface area contributed by atoms with Gasteiger partial charge in [0.05, 0.1) is 23.7 Å². The minimum Gasteiger partial charge on any atom is -0.493 e. The topological polar surface area (TPSA) is 101 Å². The van der Waals surface area contributed by atoms with E-state index in [9.17, 15) is 9.59 Å². The van der Waals surface area contributed by atoms with E-state index in [0.29, 0.717) is 33.3 Å². The maximum Gasteiger partial charge on any atom is 0.255 e. The lowest BCUT2D eigenvalue weighted by atomic mass is 10.1. The van der Waals surface area contributed by atoms with Crippen molar-refractivity contribution in [1.29, 1.82) is 0 Å². The van der Waals surface area contributed by atoms with Crippen LogP contribution in [0.4, 0.5) is 5.69 Å². The number of hydrogen-bond donors (Lipinski definition) is 3. The lowest BCUT2D eigenvalue weighted by molar-refractivity contribution is -0.129. The van der Waals surface area contributed by atoms with Crippen molar-refractivity contribution < 1.29 is 19.5 Å². The molecule has 0 saturated heterocycles. The number of carbonyl (C=O) groups is 2. The van der Waals surface area contributed by atoms with Crippen LogP contribution in [0.2, 0.25) is 5.02 Å². The van der Waals surface area contributed by atoms with Gasteiger partial charge >= 0.3 is 0 Å². The predicted octanol–water partition coefficient (Wildman–Crippen LogP) is 3.93. The van der Waals surface area contributed by atoms with Gasteiger partial charge in [-0.1, -0.05) is 23.7 Å². The highest BCUT2D eigenvalue weighted by atomic mass is 35.5. The molecule has 29 heavy (non-hydrogen) atoms. The number of ether oxygens (including phenoxy) is 1. The van der Waals surface area contributed by atoms with Gasteiger partial charge in [-0.05, 0) is 48.5 Å². The minimum absolute atomic E-state index is 0.00596. The van der Waals surface area contributed by atoms with Crippen LogP contribution in [0, 0.1) is 0 Å². The number of halogens is 1. The molecule has 0 fully saturated rings. The second-order valence-electron chi connectivity index (χ2n) is 6.03. The number of carbonyl (C=O) groups excluding carboxylic acids is 2. The predicted molar refractivity (Wildman–Crippen MR) is 109 cm³/mol. The van der Waals surface area contributed by atoms with Gasteiger partial charge in [-0.2, -0.15) is 0 Å². The van der Waals surface area contributed by atoms with Crippen molar-refractivity contribution in [3.8, 4) is 17.0 Å². The van der Waals surface area contributed by atoms with Crippen molar-refractivity contribution in [1.82, 2.24) is 10.5 Å². The van der Waals surface area contributed by atoms with E-state index in [1.54, 1.807) is 48.7 Å². The van der Waals surface area contributed by atoms with Crippen LogP contribution in [0.15, 0.2) is 66.9 Å². The molecule has 1 aromatic heterocycles. The van der Waals surface area contributed by atoms with E-state index in [4.69, 9.17) is 21.5 Å². The maximum atomic E-state index is 12.6. The molecule has 3 N–H and O–H groups in total. The van der Waals surface area contributed by atoms with Crippen molar-refractivity contribution in [3.63, 3.8) is 0 Å². The lowest BCUT2D eigenvalue weighted by Gasteiger charge is -2.10. The normalized spacial score (nSPS) is 10.3. The molecule has 0 spiro atoms. The molecule has 3 rings (SSSR count). The Labute approximate surface area is 172 Å². The SMILES string of the molecule is O=C(CCOc1cccc(C(=O)Nc2ccc(Cl)c(-c3ccccn3)c2)c1)NO. The number of hydroxylamine groups is 1. The van der Waals surface area contributed by atoms with E-state index in [1.807, 2.05) is 18.2 Å². The molecule has 2 aromatic carbocycles. The average molecular weight is 412 g/mol. The molecule has 0 radical (unpaired) electrons. The second kappa shape index (κ2) is 9.68. The number of aromatic nitrogens is 1. The van der Waals surface area contributed by atoms with Gasteiger partial charge in [-0.25, -0.2) is 5.48 Å². The molecule has 3 aromatic rings. The van der Waals surface area contributed by atoms with Crippen LogP contribution >= 0.6 is 11.6 Å². The maximum absolute atomic E-state index is 12.6. The number of rotatable bonds is 7. The molecule has 0 aliphatic heterocycles. The smallest absolute Gasteiger partial charge is 0.255 e. The molecule has 7 nitrogen and oxygen atoms in total. The third-order valence-electron chi connectivity index (χ3n) is 3.98. The number of nitrogens with zero attached hydrogens (tertiary/aromatic N) is 1. The van der Waals surface area contributed by atoms with Crippen LogP contribution < -0.4 is 15.5 Å². The summed E-state index contributed by atoms with van der Waals surface area (Å²) >= 11 is 6.27. The summed E-state index contributed by atoms with van der Waals surface area (Å²) in [5.74, 6) is -0.433. The molecular weight excluding hydrogens is 394 g/mol. The molecule has 0 aliphatic carbocycles. The molecule has 0 bridgehead atoms. The van der Waals surface area contributed by atoms with Gasteiger partial charge in [0, 0.05) is 23.0 Å².